The van der Waals surface area contributed by atoms with Gasteiger partial charge in [-0.25, -0.2) is 4.98 Å². The minimum Gasteiger partial charge on any atom is -0.384 e. The Morgan fingerprint density at radius 1 is 1.19 bits per heavy atom. The van der Waals surface area contributed by atoms with Crippen molar-refractivity contribution in [3.63, 3.8) is 0 Å². The highest BCUT2D eigenvalue weighted by atomic mass is 35.5. The Balaban J connectivity index is 1.36. The number of hydrogen-bond donors (Lipinski definition) is 4. The lowest BCUT2D eigenvalue weighted by Gasteiger charge is -2.24. The maximum Gasteiger partial charge on any atom is 0.242 e. The first kappa shape index (κ1) is 21.3. The number of carbonyl (C=O) groups excluding carboxylic acids is 2. The van der Waals surface area contributed by atoms with Crippen LogP contribution in [0.3, 0.4) is 0 Å². The van der Waals surface area contributed by atoms with Gasteiger partial charge >= 0.3 is 0 Å². The lowest BCUT2D eigenvalue weighted by Crippen LogP contribution is -2.52. The summed E-state index contributed by atoms with van der Waals surface area (Å²) < 4.78 is 0. The number of rotatable bonds is 5. The summed E-state index contributed by atoms with van der Waals surface area (Å²) in [6.07, 6.45) is 4.28. The highest BCUT2D eigenvalue weighted by molar-refractivity contribution is 6.30. The Kier molecular flexibility index (Phi) is 6.25. The molecule has 7 nitrogen and oxygen atoms in total. The second-order valence-corrected chi connectivity index (χ2v) is 8.42. The van der Waals surface area contributed by atoms with E-state index in [1.54, 1.807) is 13.0 Å². The lowest BCUT2D eigenvalue weighted by molar-refractivity contribution is -0.129. The zero-order chi connectivity index (χ0) is 22.0. The molecule has 2 heterocycles. The van der Waals surface area contributed by atoms with Crippen LogP contribution in [-0.2, 0) is 16.0 Å². The van der Waals surface area contributed by atoms with Gasteiger partial charge in [0, 0.05) is 17.3 Å². The van der Waals surface area contributed by atoms with Crippen LogP contribution < -0.4 is 21.7 Å². The van der Waals surface area contributed by atoms with Crippen molar-refractivity contribution in [2.45, 2.75) is 44.3 Å². The van der Waals surface area contributed by atoms with Crippen LogP contribution in [0.2, 0.25) is 5.02 Å². The Hall–Kier alpha value is -2.90. The van der Waals surface area contributed by atoms with Crippen LogP contribution in [0.1, 0.15) is 42.6 Å². The minimum absolute atomic E-state index is 0.112. The summed E-state index contributed by atoms with van der Waals surface area (Å²) in [5, 5.41) is 9.72. The Labute approximate surface area is 186 Å². The van der Waals surface area contributed by atoms with E-state index < -0.39 is 12.1 Å². The highest BCUT2D eigenvalue weighted by Gasteiger charge is 2.28. The molecule has 8 heteroatoms. The van der Waals surface area contributed by atoms with Crippen LogP contribution in [0.4, 0.5) is 5.82 Å². The Bertz CT molecular complexity index is 1020. The smallest absolute Gasteiger partial charge is 0.242 e. The van der Waals surface area contributed by atoms with E-state index in [0.717, 1.165) is 41.7 Å². The number of fused-ring (bicyclic) bond motifs is 1. The number of carbonyl (C=O) groups is 2. The number of nitrogens with two attached hydrogens (primary N) is 1. The van der Waals surface area contributed by atoms with E-state index in [9.17, 15) is 9.59 Å². The molecule has 0 fully saturated rings. The fourth-order valence-electron chi connectivity index (χ4n) is 4.08. The molecule has 2 amide bonds. The summed E-state index contributed by atoms with van der Waals surface area (Å²) in [5.74, 6) is 0.0354. The number of benzene rings is 1. The van der Waals surface area contributed by atoms with E-state index in [1.165, 1.54) is 0 Å². The number of nitrogens with zero attached hydrogens (tertiary/aromatic N) is 1. The van der Waals surface area contributed by atoms with E-state index in [-0.39, 0.29) is 17.9 Å². The van der Waals surface area contributed by atoms with Gasteiger partial charge in [-0.3, -0.25) is 9.59 Å². The van der Waals surface area contributed by atoms with Crippen LogP contribution in [-0.4, -0.2) is 35.4 Å². The molecule has 0 saturated heterocycles. The number of nitrogen functional groups attached to an aromatic ring is 1. The molecule has 1 aromatic heterocycles. The first-order chi connectivity index (χ1) is 14.9. The van der Waals surface area contributed by atoms with Gasteiger partial charge in [-0.1, -0.05) is 35.9 Å². The van der Waals surface area contributed by atoms with Crippen LogP contribution >= 0.6 is 11.6 Å². The van der Waals surface area contributed by atoms with Gasteiger partial charge < -0.3 is 21.7 Å². The van der Waals surface area contributed by atoms with Crippen molar-refractivity contribution in [2.24, 2.45) is 0 Å². The number of pyridine rings is 1. The molecule has 3 atom stereocenters. The zero-order valence-electron chi connectivity index (χ0n) is 17.3. The molecule has 0 saturated carbocycles. The molecule has 5 N–H and O–H groups in total. The summed E-state index contributed by atoms with van der Waals surface area (Å²) in [5.41, 5.74) is 9.79. The predicted octanol–water partition coefficient (Wildman–Crippen LogP) is 2.37. The van der Waals surface area contributed by atoms with Gasteiger partial charge in [0.2, 0.25) is 11.8 Å². The molecule has 4 rings (SSSR count). The molecule has 1 aliphatic heterocycles. The van der Waals surface area contributed by atoms with E-state index in [1.807, 2.05) is 36.4 Å². The number of amides is 2. The second-order valence-electron chi connectivity index (χ2n) is 7.98. The monoisotopic (exact) mass is 439 g/mol. The van der Waals surface area contributed by atoms with Gasteiger partial charge in [-0.2, -0.15) is 0 Å². The SMILES string of the molecule is C[C@H](NC(=O)[C@H]1C=C(c2ccc(Cl)cc2)CCN1)C(=O)N[C@@H]1CCc2nc(N)ccc21. The van der Waals surface area contributed by atoms with Crippen molar-refractivity contribution in [3.8, 4) is 0 Å². The van der Waals surface area contributed by atoms with Crippen molar-refractivity contribution >= 4 is 34.8 Å². The Morgan fingerprint density at radius 2 is 1.97 bits per heavy atom. The molecule has 162 valence electrons. The van der Waals surface area contributed by atoms with Gasteiger partial charge in [0.25, 0.3) is 0 Å². The maximum absolute atomic E-state index is 12.8. The summed E-state index contributed by atoms with van der Waals surface area (Å²) in [6, 6.07) is 9.97. The number of halogens is 1. The van der Waals surface area contributed by atoms with E-state index in [4.69, 9.17) is 17.3 Å². The third kappa shape index (κ3) is 4.89. The van der Waals surface area contributed by atoms with Gasteiger partial charge in [0.1, 0.15) is 17.9 Å². The van der Waals surface area contributed by atoms with Crippen molar-refractivity contribution in [3.05, 3.63) is 64.3 Å². The van der Waals surface area contributed by atoms with Gasteiger partial charge in [0.15, 0.2) is 0 Å². The molecule has 31 heavy (non-hydrogen) atoms. The van der Waals surface area contributed by atoms with Gasteiger partial charge in [-0.15, -0.1) is 0 Å². The zero-order valence-corrected chi connectivity index (χ0v) is 18.1. The summed E-state index contributed by atoms with van der Waals surface area (Å²) in [7, 11) is 0. The van der Waals surface area contributed by atoms with Gasteiger partial charge in [0.05, 0.1) is 6.04 Å². The van der Waals surface area contributed by atoms with Crippen molar-refractivity contribution < 1.29 is 9.59 Å². The number of hydrogen-bond acceptors (Lipinski definition) is 5. The molecule has 1 aromatic carbocycles. The summed E-state index contributed by atoms with van der Waals surface area (Å²) >= 11 is 5.97. The molecule has 0 bridgehead atoms. The van der Waals surface area contributed by atoms with E-state index in [0.29, 0.717) is 17.4 Å². The average Bonchev–Trinajstić information content (AvgIpc) is 3.15. The van der Waals surface area contributed by atoms with Gasteiger partial charge in [-0.05, 0) is 61.1 Å². The molecule has 0 spiro atoms. The first-order valence-corrected chi connectivity index (χ1v) is 10.8. The summed E-state index contributed by atoms with van der Waals surface area (Å²) in [6.45, 7) is 2.37. The van der Waals surface area contributed by atoms with Crippen molar-refractivity contribution in [1.82, 2.24) is 20.9 Å². The number of aryl methyl sites for hydroxylation is 1. The summed E-state index contributed by atoms with van der Waals surface area (Å²) in [4.78, 5) is 29.8. The maximum atomic E-state index is 12.8. The first-order valence-electron chi connectivity index (χ1n) is 10.5. The molecule has 2 aromatic rings. The minimum atomic E-state index is -0.658. The predicted molar refractivity (Wildman–Crippen MR) is 121 cm³/mol. The normalized spacial score (nSPS) is 21.0. The third-order valence-electron chi connectivity index (χ3n) is 5.77. The molecular formula is C23H26ClN5O2. The largest absolute Gasteiger partial charge is 0.384 e. The number of anilines is 1. The van der Waals surface area contributed by atoms with Crippen LogP contribution in [0.5, 0.6) is 0 Å². The van der Waals surface area contributed by atoms with Crippen LogP contribution in [0.25, 0.3) is 5.57 Å². The third-order valence-corrected chi connectivity index (χ3v) is 6.02. The standard InChI is InChI=1S/C23H26ClN5O2/c1-13(22(30)29-19-8-7-18-17(19)6-9-21(25)28-18)27-23(31)20-12-15(10-11-26-20)14-2-4-16(24)5-3-14/h2-6,9,12-13,19-20,26H,7-8,10-11H2,1H3,(H2,25,28)(H,27,31)(H,29,30)/t13-,19+,20+/m0/s1. The van der Waals surface area contributed by atoms with Crippen molar-refractivity contribution in [2.75, 3.05) is 12.3 Å². The Morgan fingerprint density at radius 3 is 2.74 bits per heavy atom. The average molecular weight is 440 g/mol. The molecule has 0 radical (unpaired) electrons. The topological polar surface area (TPSA) is 109 Å². The molecular weight excluding hydrogens is 414 g/mol. The quantitative estimate of drug-likeness (QED) is 0.572. The molecule has 1 aliphatic carbocycles. The van der Waals surface area contributed by atoms with Crippen molar-refractivity contribution in [1.29, 1.82) is 0 Å². The molecule has 0 unspecified atom stereocenters. The molecule has 2 aliphatic rings. The number of nitrogens with one attached hydrogen (secondary N) is 3. The highest BCUT2D eigenvalue weighted by Crippen LogP contribution is 2.30. The van der Waals surface area contributed by atoms with E-state index >= 15 is 0 Å². The lowest BCUT2D eigenvalue weighted by atomic mass is 9.97. The fraction of sp³-hybridized carbons (Fsp3) is 0.348. The second kappa shape index (κ2) is 9.08. The van der Waals surface area contributed by atoms with Crippen LogP contribution in [0.15, 0.2) is 42.5 Å². The van der Waals surface area contributed by atoms with Crippen LogP contribution in [0, 0.1) is 0 Å². The van der Waals surface area contributed by atoms with E-state index in [2.05, 4.69) is 20.9 Å². The number of aromatic nitrogens is 1. The fourth-order valence-corrected chi connectivity index (χ4v) is 4.20.